The van der Waals surface area contributed by atoms with E-state index in [4.69, 9.17) is 21.9 Å². The van der Waals surface area contributed by atoms with E-state index in [2.05, 4.69) is 42.0 Å². The van der Waals surface area contributed by atoms with Gasteiger partial charge in [-0.1, -0.05) is 16.8 Å². The van der Waals surface area contributed by atoms with Gasteiger partial charge in [0.05, 0.1) is 5.02 Å². The Bertz CT molecular complexity index is 754. The number of anilines is 1. The largest absolute Gasteiger partial charge is 0.398 e. The molecular formula is C14H8Br2ClN3O. The van der Waals surface area contributed by atoms with Crippen molar-refractivity contribution in [1.29, 1.82) is 0 Å². The van der Waals surface area contributed by atoms with E-state index in [0.717, 1.165) is 20.1 Å². The Morgan fingerprint density at radius 3 is 2.43 bits per heavy atom. The number of rotatable bonds is 2. The SMILES string of the molecule is Nc1ccc(-c2nc(-c3ccc(Cl)c(Br)c3)no2)cc1Br. The number of aromatic nitrogens is 2. The first kappa shape index (κ1) is 14.6. The van der Waals surface area contributed by atoms with Gasteiger partial charge in [-0.2, -0.15) is 4.98 Å². The third-order valence-corrected chi connectivity index (χ3v) is 4.75. The van der Waals surface area contributed by atoms with Crippen LogP contribution in [-0.2, 0) is 0 Å². The molecule has 0 saturated heterocycles. The predicted molar refractivity (Wildman–Crippen MR) is 90.0 cm³/mol. The highest BCUT2D eigenvalue weighted by Gasteiger charge is 2.12. The third-order valence-electron chi connectivity index (χ3n) is 2.85. The fourth-order valence-electron chi connectivity index (χ4n) is 1.75. The number of nitrogens with zero attached hydrogens (tertiary/aromatic N) is 2. The van der Waals surface area contributed by atoms with E-state index < -0.39 is 0 Å². The van der Waals surface area contributed by atoms with Crippen LogP contribution in [0.2, 0.25) is 5.02 Å². The van der Waals surface area contributed by atoms with Crippen molar-refractivity contribution in [2.24, 2.45) is 0 Å². The lowest BCUT2D eigenvalue weighted by Gasteiger charge is -1.99. The summed E-state index contributed by atoms with van der Waals surface area (Å²) in [4.78, 5) is 4.39. The van der Waals surface area contributed by atoms with E-state index >= 15 is 0 Å². The molecule has 7 heteroatoms. The van der Waals surface area contributed by atoms with E-state index in [-0.39, 0.29) is 0 Å². The summed E-state index contributed by atoms with van der Waals surface area (Å²) in [5.74, 6) is 0.923. The van der Waals surface area contributed by atoms with Crippen LogP contribution in [-0.4, -0.2) is 10.1 Å². The summed E-state index contributed by atoms with van der Waals surface area (Å²) in [5.41, 5.74) is 8.03. The van der Waals surface area contributed by atoms with Crippen LogP contribution in [0.3, 0.4) is 0 Å². The summed E-state index contributed by atoms with van der Waals surface area (Å²) in [6.45, 7) is 0. The molecule has 4 nitrogen and oxygen atoms in total. The lowest BCUT2D eigenvalue weighted by atomic mass is 10.2. The van der Waals surface area contributed by atoms with Crippen molar-refractivity contribution in [3.8, 4) is 22.8 Å². The van der Waals surface area contributed by atoms with Crippen LogP contribution >= 0.6 is 43.5 Å². The average molecular weight is 429 g/mol. The van der Waals surface area contributed by atoms with Gasteiger partial charge in [0.25, 0.3) is 5.89 Å². The standard InChI is InChI=1S/C14H8Br2ClN3O/c15-9-5-7(1-3-11(9)17)13-19-14(21-20-13)8-2-4-12(18)10(16)6-8/h1-6H,18H2. The predicted octanol–water partition coefficient (Wildman–Crippen LogP) is 5.16. The van der Waals surface area contributed by atoms with Crippen LogP contribution in [0, 0.1) is 0 Å². The van der Waals surface area contributed by atoms with E-state index in [9.17, 15) is 0 Å². The maximum absolute atomic E-state index is 5.97. The maximum Gasteiger partial charge on any atom is 0.258 e. The molecule has 2 N–H and O–H groups in total. The Hall–Kier alpha value is -1.37. The molecule has 0 aliphatic carbocycles. The number of hydrogen-bond donors (Lipinski definition) is 1. The third kappa shape index (κ3) is 2.97. The molecule has 0 spiro atoms. The zero-order chi connectivity index (χ0) is 15.0. The molecule has 0 unspecified atom stereocenters. The number of hydrogen-bond acceptors (Lipinski definition) is 4. The van der Waals surface area contributed by atoms with Gasteiger partial charge in [-0.25, -0.2) is 0 Å². The Morgan fingerprint density at radius 1 is 1.00 bits per heavy atom. The molecule has 21 heavy (non-hydrogen) atoms. The highest BCUT2D eigenvalue weighted by atomic mass is 79.9. The van der Waals surface area contributed by atoms with Gasteiger partial charge in [-0.15, -0.1) is 0 Å². The second-order valence-electron chi connectivity index (χ2n) is 4.29. The Morgan fingerprint density at radius 2 is 1.71 bits per heavy atom. The van der Waals surface area contributed by atoms with Gasteiger partial charge >= 0.3 is 0 Å². The Kier molecular flexibility index (Phi) is 4.01. The summed E-state index contributed by atoms with van der Waals surface area (Å²) >= 11 is 12.7. The number of nitrogen functional groups attached to an aromatic ring is 1. The van der Waals surface area contributed by atoms with Crippen LogP contribution in [0.4, 0.5) is 5.69 Å². The Balaban J connectivity index is 1.99. The fourth-order valence-corrected chi connectivity index (χ4v) is 2.63. The lowest BCUT2D eigenvalue weighted by Crippen LogP contribution is -1.87. The van der Waals surface area contributed by atoms with Gasteiger partial charge in [-0.3, -0.25) is 0 Å². The van der Waals surface area contributed by atoms with Crippen molar-refractivity contribution in [2.45, 2.75) is 0 Å². The average Bonchev–Trinajstić information content (AvgIpc) is 2.94. The maximum atomic E-state index is 5.97. The summed E-state index contributed by atoms with van der Waals surface area (Å²) in [6.07, 6.45) is 0. The molecule has 3 rings (SSSR count). The molecule has 0 atom stereocenters. The van der Waals surface area contributed by atoms with Crippen molar-refractivity contribution in [3.05, 3.63) is 50.4 Å². The number of benzene rings is 2. The topological polar surface area (TPSA) is 64.9 Å². The fraction of sp³-hybridized carbons (Fsp3) is 0. The second kappa shape index (κ2) is 5.79. The molecule has 106 valence electrons. The van der Waals surface area contributed by atoms with Gasteiger partial charge < -0.3 is 10.3 Å². The van der Waals surface area contributed by atoms with Gasteiger partial charge in [0.15, 0.2) is 0 Å². The summed E-state index contributed by atoms with van der Waals surface area (Å²) in [7, 11) is 0. The molecule has 1 aromatic heterocycles. The van der Waals surface area contributed by atoms with Crippen molar-refractivity contribution < 1.29 is 4.52 Å². The highest BCUT2D eigenvalue weighted by Crippen LogP contribution is 2.30. The van der Waals surface area contributed by atoms with Crippen molar-refractivity contribution >= 4 is 49.1 Å². The molecule has 0 aliphatic rings. The monoisotopic (exact) mass is 427 g/mol. The van der Waals surface area contributed by atoms with Crippen LogP contribution in [0.15, 0.2) is 49.9 Å². The first-order chi connectivity index (χ1) is 10.0. The molecule has 0 fully saturated rings. The minimum Gasteiger partial charge on any atom is -0.398 e. The summed E-state index contributed by atoms with van der Waals surface area (Å²) < 4.78 is 6.87. The summed E-state index contributed by atoms with van der Waals surface area (Å²) in [5, 5.41) is 4.62. The second-order valence-corrected chi connectivity index (χ2v) is 6.40. The smallest absolute Gasteiger partial charge is 0.258 e. The highest BCUT2D eigenvalue weighted by molar-refractivity contribution is 9.11. The Labute approximate surface area is 142 Å². The van der Waals surface area contributed by atoms with Crippen LogP contribution in [0.25, 0.3) is 22.8 Å². The molecular weight excluding hydrogens is 421 g/mol. The lowest BCUT2D eigenvalue weighted by molar-refractivity contribution is 0.432. The van der Waals surface area contributed by atoms with Gasteiger partial charge in [-0.05, 0) is 68.3 Å². The van der Waals surface area contributed by atoms with Crippen molar-refractivity contribution in [3.63, 3.8) is 0 Å². The zero-order valence-corrected chi connectivity index (χ0v) is 14.4. The van der Waals surface area contributed by atoms with Crippen LogP contribution in [0.5, 0.6) is 0 Å². The zero-order valence-electron chi connectivity index (χ0n) is 10.5. The van der Waals surface area contributed by atoms with Crippen molar-refractivity contribution in [1.82, 2.24) is 10.1 Å². The molecule has 0 saturated carbocycles. The summed E-state index contributed by atoms with van der Waals surface area (Å²) in [6, 6.07) is 10.9. The minimum absolute atomic E-state index is 0.428. The number of nitrogens with two attached hydrogens (primary N) is 1. The minimum atomic E-state index is 0.428. The van der Waals surface area contributed by atoms with E-state index in [1.54, 1.807) is 12.1 Å². The van der Waals surface area contributed by atoms with Gasteiger partial charge in [0.2, 0.25) is 5.82 Å². The van der Waals surface area contributed by atoms with E-state index in [1.165, 1.54) is 0 Å². The first-order valence-electron chi connectivity index (χ1n) is 5.89. The quantitative estimate of drug-likeness (QED) is 0.571. The van der Waals surface area contributed by atoms with Crippen LogP contribution in [0.1, 0.15) is 0 Å². The molecule has 0 bridgehead atoms. The molecule has 0 amide bonds. The molecule has 0 aliphatic heterocycles. The van der Waals surface area contributed by atoms with Gasteiger partial charge in [0.1, 0.15) is 0 Å². The molecule has 0 radical (unpaired) electrons. The van der Waals surface area contributed by atoms with E-state index in [1.807, 2.05) is 24.3 Å². The normalized spacial score (nSPS) is 10.8. The molecule has 2 aromatic carbocycles. The van der Waals surface area contributed by atoms with Gasteiger partial charge in [0, 0.05) is 25.8 Å². The first-order valence-corrected chi connectivity index (χ1v) is 7.85. The van der Waals surface area contributed by atoms with Crippen molar-refractivity contribution in [2.75, 3.05) is 5.73 Å². The molecule has 1 heterocycles. The van der Waals surface area contributed by atoms with Crippen LogP contribution < -0.4 is 5.73 Å². The molecule has 3 aromatic rings. The number of halogens is 3. The van der Waals surface area contributed by atoms with E-state index in [0.29, 0.717) is 22.4 Å².